The minimum absolute atomic E-state index is 0.326. The average molecular weight is 230 g/mol. The molecule has 0 bridgehead atoms. The van der Waals surface area contributed by atoms with E-state index in [0.717, 1.165) is 22.0 Å². The number of aromatic nitrogens is 1. The molecular weight excluding hydrogens is 216 g/mol. The van der Waals surface area contributed by atoms with Crippen LogP contribution in [0.3, 0.4) is 0 Å². The van der Waals surface area contributed by atoms with Gasteiger partial charge in [0.15, 0.2) is 0 Å². The molecule has 17 heavy (non-hydrogen) atoms. The second-order valence-corrected chi connectivity index (χ2v) is 3.99. The minimum atomic E-state index is -0.396. The van der Waals surface area contributed by atoms with E-state index in [4.69, 9.17) is 10.5 Å². The van der Waals surface area contributed by atoms with Crippen molar-refractivity contribution in [2.45, 2.75) is 13.8 Å². The summed E-state index contributed by atoms with van der Waals surface area (Å²) in [6.45, 7) is 3.96. The summed E-state index contributed by atoms with van der Waals surface area (Å²) in [4.78, 5) is 16.0. The third-order valence-electron chi connectivity index (χ3n) is 2.93. The molecule has 0 spiro atoms. The Hall–Kier alpha value is -2.10. The van der Waals surface area contributed by atoms with E-state index in [1.807, 2.05) is 26.0 Å². The van der Waals surface area contributed by atoms with Gasteiger partial charge in [-0.05, 0) is 31.0 Å². The number of benzene rings is 1. The molecule has 0 amide bonds. The van der Waals surface area contributed by atoms with E-state index in [1.165, 1.54) is 7.11 Å². The smallest absolute Gasteiger partial charge is 0.338 e. The quantitative estimate of drug-likeness (QED) is 0.763. The molecule has 4 heteroatoms. The summed E-state index contributed by atoms with van der Waals surface area (Å²) in [6.07, 6.45) is 0. The van der Waals surface area contributed by atoms with Crippen LogP contribution in [0.15, 0.2) is 18.2 Å². The number of carbonyl (C=O) groups excluding carboxylic acids is 1. The Morgan fingerprint density at radius 1 is 1.35 bits per heavy atom. The van der Waals surface area contributed by atoms with Crippen molar-refractivity contribution in [1.29, 1.82) is 0 Å². The van der Waals surface area contributed by atoms with Crippen molar-refractivity contribution in [3.8, 4) is 0 Å². The topological polar surface area (TPSA) is 65.2 Å². The molecule has 88 valence electrons. The van der Waals surface area contributed by atoms with Crippen molar-refractivity contribution in [1.82, 2.24) is 4.98 Å². The summed E-state index contributed by atoms with van der Waals surface area (Å²) >= 11 is 0. The van der Waals surface area contributed by atoms with Crippen LogP contribution in [0, 0.1) is 13.8 Å². The largest absolute Gasteiger partial charge is 0.465 e. The van der Waals surface area contributed by atoms with Gasteiger partial charge in [-0.15, -0.1) is 0 Å². The van der Waals surface area contributed by atoms with Gasteiger partial charge in [-0.1, -0.05) is 12.1 Å². The number of rotatable bonds is 1. The fraction of sp³-hybridized carbons (Fsp3) is 0.231. The molecule has 1 heterocycles. The summed E-state index contributed by atoms with van der Waals surface area (Å²) in [6, 6.07) is 5.38. The lowest BCUT2D eigenvalue weighted by atomic mass is 10.0. The van der Waals surface area contributed by atoms with E-state index >= 15 is 0 Å². The molecule has 2 N–H and O–H groups in total. The van der Waals surface area contributed by atoms with Gasteiger partial charge in [-0.3, -0.25) is 0 Å². The predicted octanol–water partition coefficient (Wildman–Crippen LogP) is 2.22. The van der Waals surface area contributed by atoms with E-state index < -0.39 is 5.97 Å². The zero-order valence-electron chi connectivity index (χ0n) is 10.1. The van der Waals surface area contributed by atoms with Crippen LogP contribution < -0.4 is 5.73 Å². The lowest BCUT2D eigenvalue weighted by molar-refractivity contribution is 0.0603. The van der Waals surface area contributed by atoms with E-state index in [1.54, 1.807) is 6.07 Å². The van der Waals surface area contributed by atoms with Crippen LogP contribution in [-0.2, 0) is 4.74 Å². The molecule has 2 aromatic rings. The van der Waals surface area contributed by atoms with Gasteiger partial charge in [0.2, 0.25) is 0 Å². The zero-order valence-corrected chi connectivity index (χ0v) is 10.1. The zero-order chi connectivity index (χ0) is 12.6. The van der Waals surface area contributed by atoms with Crippen LogP contribution >= 0.6 is 0 Å². The summed E-state index contributed by atoms with van der Waals surface area (Å²) in [5.74, 6) is -0.0704. The van der Waals surface area contributed by atoms with Crippen LogP contribution in [-0.4, -0.2) is 18.1 Å². The monoisotopic (exact) mass is 230 g/mol. The van der Waals surface area contributed by atoms with Crippen molar-refractivity contribution in [3.63, 3.8) is 0 Å². The lowest BCUT2D eigenvalue weighted by Crippen LogP contribution is -2.05. The molecule has 0 fully saturated rings. The second kappa shape index (κ2) is 4.05. The molecule has 2 rings (SSSR count). The van der Waals surface area contributed by atoms with Crippen molar-refractivity contribution in [3.05, 3.63) is 34.9 Å². The van der Waals surface area contributed by atoms with Gasteiger partial charge in [0.1, 0.15) is 5.82 Å². The minimum Gasteiger partial charge on any atom is -0.465 e. The molecule has 0 atom stereocenters. The number of anilines is 1. The Bertz CT molecular complexity index is 606. The van der Waals surface area contributed by atoms with Gasteiger partial charge in [0.25, 0.3) is 0 Å². The molecule has 0 saturated heterocycles. The van der Waals surface area contributed by atoms with Crippen LogP contribution in [0.2, 0.25) is 0 Å². The maximum atomic E-state index is 11.7. The van der Waals surface area contributed by atoms with Crippen molar-refractivity contribution < 1.29 is 9.53 Å². The molecule has 0 saturated carbocycles. The molecule has 0 aliphatic heterocycles. The fourth-order valence-corrected chi connectivity index (χ4v) is 1.83. The number of aryl methyl sites for hydroxylation is 2. The van der Waals surface area contributed by atoms with Gasteiger partial charge in [-0.2, -0.15) is 0 Å². The normalized spacial score (nSPS) is 10.5. The van der Waals surface area contributed by atoms with Gasteiger partial charge in [0.05, 0.1) is 18.2 Å². The average Bonchev–Trinajstić information content (AvgIpc) is 2.32. The number of hydrogen-bond acceptors (Lipinski definition) is 4. The summed E-state index contributed by atoms with van der Waals surface area (Å²) in [5.41, 5.74) is 9.07. The van der Waals surface area contributed by atoms with Gasteiger partial charge in [-0.25, -0.2) is 9.78 Å². The Kier molecular flexibility index (Phi) is 2.71. The molecule has 4 nitrogen and oxygen atoms in total. The first-order valence-electron chi connectivity index (χ1n) is 5.29. The Morgan fingerprint density at radius 3 is 2.71 bits per heavy atom. The first-order chi connectivity index (χ1) is 8.04. The Morgan fingerprint density at radius 2 is 2.06 bits per heavy atom. The van der Waals surface area contributed by atoms with Crippen LogP contribution in [0.1, 0.15) is 21.5 Å². The Labute approximate surface area is 99.4 Å². The number of nitrogens with two attached hydrogens (primary N) is 1. The first-order valence-corrected chi connectivity index (χ1v) is 5.29. The van der Waals surface area contributed by atoms with Crippen LogP contribution in [0.25, 0.3) is 10.9 Å². The molecule has 0 aliphatic carbocycles. The number of carbonyl (C=O) groups is 1. The highest BCUT2D eigenvalue weighted by Crippen LogP contribution is 2.25. The number of hydrogen-bond donors (Lipinski definition) is 1. The highest BCUT2D eigenvalue weighted by molar-refractivity contribution is 6.05. The maximum Gasteiger partial charge on any atom is 0.338 e. The number of fused-ring (bicyclic) bond motifs is 1. The highest BCUT2D eigenvalue weighted by Gasteiger charge is 2.14. The molecule has 0 unspecified atom stereocenters. The van der Waals surface area contributed by atoms with E-state index in [9.17, 15) is 4.79 Å². The van der Waals surface area contributed by atoms with E-state index in [-0.39, 0.29) is 0 Å². The number of methoxy groups -OCH3 is 1. The van der Waals surface area contributed by atoms with Gasteiger partial charge < -0.3 is 10.5 Å². The number of esters is 1. The maximum absolute atomic E-state index is 11.7. The fourth-order valence-electron chi connectivity index (χ4n) is 1.83. The highest BCUT2D eigenvalue weighted by atomic mass is 16.5. The summed E-state index contributed by atoms with van der Waals surface area (Å²) in [5, 5.41) is 0.772. The van der Waals surface area contributed by atoms with Gasteiger partial charge in [0, 0.05) is 5.39 Å². The lowest BCUT2D eigenvalue weighted by Gasteiger charge is -2.09. The van der Waals surface area contributed by atoms with Gasteiger partial charge >= 0.3 is 5.97 Å². The SMILES string of the molecule is COC(=O)c1cc(N)nc2c(C)c(C)ccc12. The summed E-state index contributed by atoms with van der Waals surface area (Å²) in [7, 11) is 1.35. The third-order valence-corrected chi connectivity index (χ3v) is 2.93. The van der Waals surface area contributed by atoms with Crippen LogP contribution in [0.4, 0.5) is 5.82 Å². The van der Waals surface area contributed by atoms with E-state index in [0.29, 0.717) is 11.4 Å². The van der Waals surface area contributed by atoms with Crippen molar-refractivity contribution in [2.24, 2.45) is 0 Å². The number of ether oxygens (including phenoxy) is 1. The van der Waals surface area contributed by atoms with Crippen molar-refractivity contribution >= 4 is 22.7 Å². The van der Waals surface area contributed by atoms with Crippen LogP contribution in [0.5, 0.6) is 0 Å². The molecular formula is C13H14N2O2. The molecule has 0 radical (unpaired) electrons. The number of nitrogen functional groups attached to an aromatic ring is 1. The third kappa shape index (κ3) is 1.82. The second-order valence-electron chi connectivity index (χ2n) is 3.99. The van der Waals surface area contributed by atoms with E-state index in [2.05, 4.69) is 4.98 Å². The summed E-state index contributed by atoms with van der Waals surface area (Å²) < 4.78 is 4.75. The first kappa shape index (κ1) is 11.4. The Balaban J connectivity index is 2.86. The molecule has 1 aromatic carbocycles. The standard InChI is InChI=1S/C13H14N2O2/c1-7-4-5-9-10(13(16)17-3)6-11(14)15-12(9)8(7)2/h4-6H,1-3H3,(H2,14,15). The van der Waals surface area contributed by atoms with Crippen molar-refractivity contribution in [2.75, 3.05) is 12.8 Å². The molecule has 1 aromatic heterocycles. The number of pyridine rings is 1. The predicted molar refractivity (Wildman–Crippen MR) is 67.0 cm³/mol. The number of nitrogens with zero attached hydrogens (tertiary/aromatic N) is 1. The molecule has 0 aliphatic rings.